The van der Waals surface area contributed by atoms with Crippen LogP contribution < -0.4 is 14.8 Å². The number of nitrogens with zero attached hydrogens (tertiary/aromatic N) is 4. The average Bonchev–Trinajstić information content (AvgIpc) is 3.32. The van der Waals surface area contributed by atoms with Gasteiger partial charge in [0.1, 0.15) is 13.2 Å². The van der Waals surface area contributed by atoms with Gasteiger partial charge in [-0.1, -0.05) is 30.8 Å². The Labute approximate surface area is 201 Å². The van der Waals surface area contributed by atoms with Crippen LogP contribution >= 0.6 is 11.8 Å². The lowest BCUT2D eigenvalue weighted by Crippen LogP contribution is -2.17. The van der Waals surface area contributed by atoms with E-state index in [0.29, 0.717) is 41.4 Å². The molecule has 1 aliphatic rings. The van der Waals surface area contributed by atoms with Gasteiger partial charge >= 0.3 is 0 Å². The maximum absolute atomic E-state index is 12.7. The second kappa shape index (κ2) is 9.96. The lowest BCUT2D eigenvalue weighted by Gasteiger charge is -2.19. The Morgan fingerprint density at radius 1 is 1.00 bits per heavy atom. The molecule has 1 N–H and O–H groups in total. The van der Waals surface area contributed by atoms with Crippen molar-refractivity contribution in [1.82, 2.24) is 19.7 Å². The number of aromatic nitrogens is 4. The number of carbonyl (C=O) groups is 1. The molecule has 0 saturated carbocycles. The third kappa shape index (κ3) is 4.74. The molecule has 0 radical (unpaired) electrons. The molecule has 34 heavy (non-hydrogen) atoms. The zero-order valence-electron chi connectivity index (χ0n) is 18.6. The summed E-state index contributed by atoms with van der Waals surface area (Å²) in [5, 5.41) is 12.4. The highest BCUT2D eigenvalue weighted by Crippen LogP contribution is 2.33. The molecule has 0 unspecified atom stereocenters. The zero-order chi connectivity index (χ0) is 23.3. The van der Waals surface area contributed by atoms with Crippen LogP contribution in [0.5, 0.6) is 11.5 Å². The van der Waals surface area contributed by atoms with Crippen LogP contribution in [0.2, 0.25) is 0 Å². The summed E-state index contributed by atoms with van der Waals surface area (Å²) in [6, 6.07) is 17.4. The summed E-state index contributed by atoms with van der Waals surface area (Å²) in [4.78, 5) is 16.8. The summed E-state index contributed by atoms with van der Waals surface area (Å²) in [6.07, 6.45) is 4.41. The number of fused-ring (bicyclic) bond motifs is 1. The number of carbonyl (C=O) groups excluding carboxylic acids is 1. The molecule has 0 spiro atoms. The maximum atomic E-state index is 12.7. The van der Waals surface area contributed by atoms with Crippen LogP contribution in [0.1, 0.15) is 12.5 Å². The average molecular weight is 474 g/mol. The van der Waals surface area contributed by atoms with E-state index in [2.05, 4.69) is 39.6 Å². The van der Waals surface area contributed by atoms with E-state index in [4.69, 9.17) is 9.47 Å². The Kier molecular flexibility index (Phi) is 6.44. The molecule has 1 aliphatic heterocycles. The van der Waals surface area contributed by atoms with Crippen LogP contribution in [-0.2, 0) is 11.2 Å². The van der Waals surface area contributed by atoms with Crippen molar-refractivity contribution in [3.63, 3.8) is 0 Å². The maximum Gasteiger partial charge on any atom is 0.234 e. The summed E-state index contributed by atoms with van der Waals surface area (Å²) < 4.78 is 13.1. The van der Waals surface area contributed by atoms with Gasteiger partial charge in [0.15, 0.2) is 22.5 Å². The van der Waals surface area contributed by atoms with E-state index in [9.17, 15) is 4.79 Å². The summed E-state index contributed by atoms with van der Waals surface area (Å²) in [5.41, 5.74) is 3.73. The van der Waals surface area contributed by atoms with E-state index < -0.39 is 0 Å². The van der Waals surface area contributed by atoms with Gasteiger partial charge in [-0.2, -0.15) is 0 Å². The first-order valence-corrected chi connectivity index (χ1v) is 12.0. The number of thioether (sulfide) groups is 1. The summed E-state index contributed by atoms with van der Waals surface area (Å²) in [5.74, 6) is 2.04. The van der Waals surface area contributed by atoms with Gasteiger partial charge in [-0.15, -0.1) is 10.2 Å². The second-order valence-electron chi connectivity index (χ2n) is 7.59. The minimum Gasteiger partial charge on any atom is -0.486 e. The zero-order valence-corrected chi connectivity index (χ0v) is 19.4. The van der Waals surface area contributed by atoms with Crippen LogP contribution in [0.4, 0.5) is 5.69 Å². The van der Waals surface area contributed by atoms with Crippen molar-refractivity contribution < 1.29 is 14.3 Å². The molecule has 172 valence electrons. The number of nitrogens with one attached hydrogen (secondary N) is 1. The molecule has 4 aromatic rings. The smallest absolute Gasteiger partial charge is 0.234 e. The fourth-order valence-corrected chi connectivity index (χ4v) is 4.37. The molecule has 5 rings (SSSR count). The van der Waals surface area contributed by atoms with E-state index in [1.807, 2.05) is 28.8 Å². The van der Waals surface area contributed by atoms with E-state index in [0.717, 1.165) is 17.7 Å². The van der Waals surface area contributed by atoms with Gasteiger partial charge in [0.05, 0.1) is 5.75 Å². The predicted molar refractivity (Wildman–Crippen MR) is 131 cm³/mol. The van der Waals surface area contributed by atoms with Crippen LogP contribution in [0, 0.1) is 0 Å². The Morgan fingerprint density at radius 3 is 2.53 bits per heavy atom. The van der Waals surface area contributed by atoms with Crippen molar-refractivity contribution in [3.05, 3.63) is 72.6 Å². The molecular weight excluding hydrogens is 450 g/mol. The number of rotatable bonds is 7. The summed E-state index contributed by atoms with van der Waals surface area (Å²) in [6.45, 7) is 3.14. The third-order valence-corrected chi connectivity index (χ3v) is 6.26. The van der Waals surface area contributed by atoms with E-state index >= 15 is 0 Å². The number of ether oxygens (including phenoxy) is 2. The molecule has 0 atom stereocenters. The Morgan fingerprint density at radius 2 is 1.76 bits per heavy atom. The first kappa shape index (κ1) is 22.0. The monoisotopic (exact) mass is 473 g/mol. The van der Waals surface area contributed by atoms with Crippen molar-refractivity contribution >= 4 is 23.4 Å². The quantitative estimate of drug-likeness (QED) is 0.398. The second-order valence-corrected chi connectivity index (χ2v) is 8.54. The number of anilines is 1. The van der Waals surface area contributed by atoms with Crippen molar-refractivity contribution in [2.45, 2.75) is 18.5 Å². The normalized spacial score (nSPS) is 12.4. The van der Waals surface area contributed by atoms with Crippen LogP contribution in [0.25, 0.3) is 17.1 Å². The van der Waals surface area contributed by atoms with E-state index in [-0.39, 0.29) is 11.7 Å². The van der Waals surface area contributed by atoms with E-state index in [1.54, 1.807) is 30.6 Å². The molecule has 2 aromatic carbocycles. The lowest BCUT2D eigenvalue weighted by molar-refractivity contribution is -0.113. The fourth-order valence-electron chi connectivity index (χ4n) is 3.61. The number of pyridine rings is 1. The van der Waals surface area contributed by atoms with E-state index in [1.165, 1.54) is 17.3 Å². The van der Waals surface area contributed by atoms with Crippen LogP contribution in [-0.4, -0.2) is 44.6 Å². The van der Waals surface area contributed by atoms with Gasteiger partial charge in [-0.05, 0) is 48.4 Å². The SMILES string of the molecule is CCc1ccc(-n2c(SCC(=O)Nc3ccc4c(c3)OCCO4)nnc2-c2ccncc2)cc1. The third-order valence-electron chi connectivity index (χ3n) is 5.33. The highest BCUT2D eigenvalue weighted by Gasteiger charge is 2.18. The molecule has 3 heterocycles. The van der Waals surface area contributed by atoms with Gasteiger partial charge < -0.3 is 14.8 Å². The molecule has 0 fully saturated rings. The van der Waals surface area contributed by atoms with Crippen molar-refractivity contribution in [3.8, 4) is 28.6 Å². The standard InChI is InChI=1S/C25H23N5O3S/c1-2-17-3-6-20(7-4-17)30-24(18-9-11-26-12-10-18)28-29-25(30)34-16-23(31)27-19-5-8-21-22(15-19)33-14-13-32-21/h3-12,15H,2,13-14,16H2,1H3,(H,27,31). The van der Waals surface area contributed by atoms with Crippen LogP contribution in [0.3, 0.4) is 0 Å². The topological polar surface area (TPSA) is 91.2 Å². The highest BCUT2D eigenvalue weighted by atomic mass is 32.2. The number of benzene rings is 2. The molecular formula is C25H23N5O3S. The lowest BCUT2D eigenvalue weighted by atomic mass is 10.1. The molecule has 8 nitrogen and oxygen atoms in total. The number of aryl methyl sites for hydroxylation is 1. The molecule has 9 heteroatoms. The van der Waals surface area contributed by atoms with Gasteiger partial charge in [0.2, 0.25) is 5.91 Å². The van der Waals surface area contributed by atoms with Crippen LogP contribution in [0.15, 0.2) is 72.1 Å². The molecule has 0 saturated heterocycles. The largest absolute Gasteiger partial charge is 0.486 e. The Hall–Kier alpha value is -3.85. The van der Waals surface area contributed by atoms with Gasteiger partial charge in [0, 0.05) is 35.4 Å². The fraction of sp³-hybridized carbons (Fsp3) is 0.200. The Balaban J connectivity index is 1.36. The van der Waals surface area contributed by atoms with Crippen molar-refractivity contribution in [2.75, 3.05) is 24.3 Å². The minimum absolute atomic E-state index is 0.150. The first-order valence-electron chi connectivity index (χ1n) is 11.0. The van der Waals surface area contributed by atoms with Gasteiger partial charge in [-0.25, -0.2) is 0 Å². The van der Waals surface area contributed by atoms with Crippen molar-refractivity contribution in [2.24, 2.45) is 0 Å². The number of amides is 1. The predicted octanol–water partition coefficient (Wildman–Crippen LogP) is 4.39. The minimum atomic E-state index is -0.150. The molecule has 1 amide bonds. The number of hydrogen-bond acceptors (Lipinski definition) is 7. The molecule has 0 bridgehead atoms. The van der Waals surface area contributed by atoms with Gasteiger partial charge in [0.25, 0.3) is 0 Å². The van der Waals surface area contributed by atoms with Crippen molar-refractivity contribution in [1.29, 1.82) is 0 Å². The summed E-state index contributed by atoms with van der Waals surface area (Å²) >= 11 is 1.33. The highest BCUT2D eigenvalue weighted by molar-refractivity contribution is 7.99. The molecule has 0 aliphatic carbocycles. The van der Waals surface area contributed by atoms with Gasteiger partial charge in [-0.3, -0.25) is 14.3 Å². The number of hydrogen-bond donors (Lipinski definition) is 1. The Bertz CT molecular complexity index is 1290. The summed E-state index contributed by atoms with van der Waals surface area (Å²) in [7, 11) is 0. The molecule has 2 aromatic heterocycles. The first-order chi connectivity index (χ1) is 16.7.